The Bertz CT molecular complexity index is 1210. The highest BCUT2D eigenvalue weighted by Gasteiger charge is 2.41. The van der Waals surface area contributed by atoms with Crippen molar-refractivity contribution in [2.45, 2.75) is 71.0 Å². The predicted octanol–water partition coefficient (Wildman–Crippen LogP) is 5.24. The molecule has 1 saturated heterocycles. The van der Waals surface area contributed by atoms with Crippen LogP contribution in [-0.4, -0.2) is 58.3 Å². The first-order valence-electron chi connectivity index (χ1n) is 13.3. The van der Waals surface area contributed by atoms with E-state index in [0.717, 1.165) is 16.8 Å². The Morgan fingerprint density at radius 3 is 2.51 bits per heavy atom. The van der Waals surface area contributed by atoms with Gasteiger partial charge in [-0.25, -0.2) is 9.59 Å². The fraction of sp³-hybridized carbons (Fsp3) is 0.483. The Balaban J connectivity index is 1.54. The Morgan fingerprint density at radius 2 is 1.85 bits per heavy atom. The minimum Gasteiger partial charge on any atom is -0.444 e. The smallest absolute Gasteiger partial charge is 0.414 e. The second-order valence-electron chi connectivity index (χ2n) is 11.7. The van der Waals surface area contributed by atoms with Gasteiger partial charge >= 0.3 is 12.2 Å². The van der Waals surface area contributed by atoms with Gasteiger partial charge in [0.05, 0.1) is 31.4 Å². The molecule has 1 N–H and O–H groups in total. The third-order valence-corrected chi connectivity index (χ3v) is 12.3. The number of nitrogens with one attached hydrogen (secondary N) is 1. The maximum Gasteiger partial charge on any atom is 0.414 e. The van der Waals surface area contributed by atoms with Crippen molar-refractivity contribution in [2.75, 3.05) is 29.5 Å². The lowest BCUT2D eigenvalue weighted by molar-refractivity contribution is -0.119. The van der Waals surface area contributed by atoms with Gasteiger partial charge in [0, 0.05) is 12.6 Å². The number of hydrogen-bond acceptors (Lipinski definition) is 6. The predicted molar refractivity (Wildman–Crippen MR) is 152 cm³/mol. The molecule has 0 aliphatic carbocycles. The summed E-state index contributed by atoms with van der Waals surface area (Å²) in [6.07, 6.45) is -0.730. The van der Waals surface area contributed by atoms with E-state index in [0.29, 0.717) is 25.3 Å². The van der Waals surface area contributed by atoms with Crippen molar-refractivity contribution in [1.29, 1.82) is 0 Å². The van der Waals surface area contributed by atoms with Gasteiger partial charge in [-0.2, -0.15) is 0 Å². The number of fused-ring (bicyclic) bond motifs is 1. The first-order valence-corrected chi connectivity index (χ1v) is 16.3. The molecule has 2 aliphatic heterocycles. The Hall–Kier alpha value is -3.37. The van der Waals surface area contributed by atoms with Crippen molar-refractivity contribution < 1.29 is 28.3 Å². The average molecular weight is 554 g/mol. The van der Waals surface area contributed by atoms with Crippen molar-refractivity contribution in [3.63, 3.8) is 0 Å². The van der Waals surface area contributed by atoms with Crippen molar-refractivity contribution in [1.82, 2.24) is 5.32 Å². The molecule has 1 unspecified atom stereocenters. The van der Waals surface area contributed by atoms with Gasteiger partial charge in [0.15, 0.2) is 8.32 Å². The van der Waals surface area contributed by atoms with Crippen LogP contribution in [0.5, 0.6) is 0 Å². The number of cyclic esters (lactones) is 1. The maximum absolute atomic E-state index is 13.4. The molecule has 2 atom stereocenters. The highest BCUT2D eigenvalue weighted by atomic mass is 28.4. The molecule has 0 saturated carbocycles. The molecule has 2 heterocycles. The number of benzene rings is 2. The highest BCUT2D eigenvalue weighted by Crippen LogP contribution is 2.40. The molecule has 0 spiro atoms. The number of anilines is 2. The van der Waals surface area contributed by atoms with E-state index in [1.54, 1.807) is 9.80 Å². The molecule has 0 radical (unpaired) electrons. The lowest BCUT2D eigenvalue weighted by atomic mass is 10.1. The zero-order valence-corrected chi connectivity index (χ0v) is 24.7. The molecule has 9 nitrogen and oxygen atoms in total. The number of hydrogen-bond donors (Lipinski definition) is 1. The molecule has 0 bridgehead atoms. The summed E-state index contributed by atoms with van der Waals surface area (Å²) in [5.74, 6) is -0.174. The van der Waals surface area contributed by atoms with Crippen LogP contribution in [0.1, 0.15) is 38.8 Å². The lowest BCUT2D eigenvalue weighted by Crippen LogP contribution is -2.47. The summed E-state index contributed by atoms with van der Waals surface area (Å²) in [7, 11) is -2.05. The summed E-state index contributed by atoms with van der Waals surface area (Å²) in [4.78, 5) is 40.5. The summed E-state index contributed by atoms with van der Waals surface area (Å²) in [5, 5.41) is 2.73. The second kappa shape index (κ2) is 11.4. The minimum atomic E-state index is -2.05. The summed E-state index contributed by atoms with van der Waals surface area (Å²) >= 11 is 0. The number of carbonyl (C=O) groups excluding carboxylic acids is 3. The molecule has 39 heavy (non-hydrogen) atoms. The molecule has 4 rings (SSSR count). The van der Waals surface area contributed by atoms with E-state index in [1.807, 2.05) is 48.5 Å². The summed E-state index contributed by atoms with van der Waals surface area (Å²) in [6.45, 7) is 13.6. The van der Waals surface area contributed by atoms with E-state index < -0.39 is 26.6 Å². The second-order valence-corrected chi connectivity index (χ2v) is 16.5. The van der Waals surface area contributed by atoms with Crippen LogP contribution in [0.15, 0.2) is 48.5 Å². The molecular weight excluding hydrogens is 514 g/mol. The van der Waals surface area contributed by atoms with Crippen LogP contribution >= 0.6 is 0 Å². The molecule has 2 aliphatic rings. The van der Waals surface area contributed by atoms with Gasteiger partial charge in [0.25, 0.3) is 0 Å². The number of nitrogens with zero attached hydrogens (tertiary/aromatic N) is 2. The zero-order chi connectivity index (χ0) is 28.4. The zero-order valence-electron chi connectivity index (χ0n) is 23.7. The van der Waals surface area contributed by atoms with Crippen molar-refractivity contribution >= 4 is 37.8 Å². The van der Waals surface area contributed by atoms with Crippen LogP contribution in [-0.2, 0) is 31.7 Å². The molecule has 2 aromatic carbocycles. The fourth-order valence-electron chi connectivity index (χ4n) is 4.47. The third-order valence-electron chi connectivity index (χ3n) is 7.75. The summed E-state index contributed by atoms with van der Waals surface area (Å²) < 4.78 is 17.7. The van der Waals surface area contributed by atoms with Crippen molar-refractivity contribution in [3.05, 3.63) is 59.7 Å². The topological polar surface area (TPSA) is 97.4 Å². The molecule has 10 heteroatoms. The number of carbonyl (C=O) groups is 3. The van der Waals surface area contributed by atoms with Gasteiger partial charge in [-0.1, -0.05) is 51.1 Å². The average Bonchev–Trinajstić information content (AvgIpc) is 3.44. The molecule has 3 amide bonds. The Kier molecular flexibility index (Phi) is 8.36. The van der Waals surface area contributed by atoms with E-state index in [4.69, 9.17) is 13.9 Å². The molecule has 1 fully saturated rings. The Labute approximate surface area is 231 Å². The fourth-order valence-corrected chi connectivity index (χ4v) is 5.51. The number of amides is 3. The van der Waals surface area contributed by atoms with Crippen LogP contribution in [0, 0.1) is 0 Å². The quantitative estimate of drug-likeness (QED) is 0.449. The summed E-state index contributed by atoms with van der Waals surface area (Å²) in [6, 6.07) is 15.0. The van der Waals surface area contributed by atoms with E-state index in [-0.39, 0.29) is 30.1 Å². The van der Waals surface area contributed by atoms with Gasteiger partial charge in [-0.3, -0.25) is 14.6 Å². The van der Waals surface area contributed by atoms with Crippen LogP contribution in [0.25, 0.3) is 0 Å². The molecule has 0 aromatic heterocycles. The molecular formula is C29H39N3O6Si. The SMILES string of the molecule is CC(=O)NC[C@H]1CN(c2ccc3c(c2)CC(CO[Si](C)(C)C(C)(C)C)N3C(=O)OCc2ccccc2)C(=O)O1. The first kappa shape index (κ1) is 28.6. The molecule has 2 aromatic rings. The monoisotopic (exact) mass is 553 g/mol. The largest absolute Gasteiger partial charge is 0.444 e. The van der Waals surface area contributed by atoms with E-state index in [1.165, 1.54) is 6.92 Å². The first-order chi connectivity index (χ1) is 18.4. The van der Waals surface area contributed by atoms with E-state index >= 15 is 0 Å². The lowest BCUT2D eigenvalue weighted by Gasteiger charge is -2.37. The van der Waals surface area contributed by atoms with Crippen LogP contribution in [0.3, 0.4) is 0 Å². The number of rotatable bonds is 8. The minimum absolute atomic E-state index is 0.0359. The standard InChI is InChI=1S/C29H39N3O6Si/c1-20(33)30-16-25-17-31(27(34)38-25)23-12-13-26-22(14-23)15-24(19-37-39(5,6)29(2,3)4)32(26)28(35)36-18-21-10-8-7-9-11-21/h7-14,24-25H,15-19H2,1-6H3,(H,30,33)/t24?,25-/m0/s1. The van der Waals surface area contributed by atoms with E-state index in [9.17, 15) is 14.4 Å². The van der Waals surface area contributed by atoms with Crippen molar-refractivity contribution in [2.24, 2.45) is 0 Å². The highest BCUT2D eigenvalue weighted by molar-refractivity contribution is 6.74. The molecule has 210 valence electrons. The van der Waals surface area contributed by atoms with Gasteiger partial charge in [-0.05, 0) is 53.9 Å². The van der Waals surface area contributed by atoms with Crippen LogP contribution in [0.2, 0.25) is 18.1 Å². The normalized spacial score (nSPS) is 19.1. The number of ether oxygens (including phenoxy) is 2. The van der Waals surface area contributed by atoms with Gasteiger partial charge in [-0.15, -0.1) is 0 Å². The van der Waals surface area contributed by atoms with Gasteiger partial charge in [0.1, 0.15) is 12.7 Å². The maximum atomic E-state index is 13.4. The van der Waals surface area contributed by atoms with E-state index in [2.05, 4.69) is 39.2 Å². The van der Waals surface area contributed by atoms with Gasteiger partial charge < -0.3 is 19.2 Å². The van der Waals surface area contributed by atoms with Gasteiger partial charge in [0.2, 0.25) is 5.91 Å². The van der Waals surface area contributed by atoms with Crippen LogP contribution in [0.4, 0.5) is 21.0 Å². The Morgan fingerprint density at radius 1 is 1.13 bits per heavy atom. The summed E-state index contributed by atoms with van der Waals surface area (Å²) in [5.41, 5.74) is 3.29. The van der Waals surface area contributed by atoms with Crippen LogP contribution < -0.4 is 15.1 Å². The third kappa shape index (κ3) is 6.62. The van der Waals surface area contributed by atoms with Crippen molar-refractivity contribution in [3.8, 4) is 0 Å².